The summed E-state index contributed by atoms with van der Waals surface area (Å²) < 4.78 is 10.3. The molecule has 0 aromatic rings. The quantitative estimate of drug-likeness (QED) is 0.585. The number of ether oxygens (including phenoxy) is 2. The summed E-state index contributed by atoms with van der Waals surface area (Å²) in [6.07, 6.45) is 1.80. The summed E-state index contributed by atoms with van der Waals surface area (Å²) >= 11 is 0. The van der Waals surface area contributed by atoms with E-state index in [0.717, 1.165) is 39.1 Å². The van der Waals surface area contributed by atoms with Gasteiger partial charge < -0.3 is 20.1 Å². The fourth-order valence-electron chi connectivity index (χ4n) is 1.41. The van der Waals surface area contributed by atoms with Crippen LogP contribution in [0.1, 0.15) is 12.8 Å². The monoisotopic (exact) mass is 266 g/mol. The number of rotatable bonds is 9. The third-order valence-corrected chi connectivity index (χ3v) is 2.55. The van der Waals surface area contributed by atoms with Crippen LogP contribution in [0.25, 0.3) is 0 Å². The van der Waals surface area contributed by atoms with Crippen LogP contribution in [0.4, 0.5) is 0 Å². The van der Waals surface area contributed by atoms with Crippen LogP contribution in [0.5, 0.6) is 0 Å². The molecular weight excluding hydrogens is 244 g/mol. The topological polar surface area (TPSA) is 59.6 Å². The molecule has 1 aliphatic rings. The highest BCUT2D eigenvalue weighted by atomic mass is 35.5. The largest absolute Gasteiger partial charge is 0.385 e. The Morgan fingerprint density at radius 1 is 1.29 bits per heavy atom. The Hall–Kier alpha value is -0.360. The van der Waals surface area contributed by atoms with Gasteiger partial charge in [-0.25, -0.2) is 0 Å². The molecule has 0 bridgehead atoms. The van der Waals surface area contributed by atoms with Crippen LogP contribution in [0.15, 0.2) is 0 Å². The van der Waals surface area contributed by atoms with Crippen molar-refractivity contribution in [2.24, 2.45) is 5.92 Å². The average Bonchev–Trinajstić information content (AvgIpc) is 2.19. The molecule has 1 heterocycles. The zero-order valence-corrected chi connectivity index (χ0v) is 11.2. The van der Waals surface area contributed by atoms with Crippen LogP contribution in [-0.4, -0.2) is 52.5 Å². The number of carbonyl (C=O) groups is 1. The van der Waals surface area contributed by atoms with E-state index in [2.05, 4.69) is 10.6 Å². The lowest BCUT2D eigenvalue weighted by atomic mass is 10.0. The number of carbonyl (C=O) groups excluding carboxylic acids is 1. The molecule has 2 N–H and O–H groups in total. The Morgan fingerprint density at radius 3 is 2.59 bits per heavy atom. The lowest BCUT2D eigenvalue weighted by Gasteiger charge is -2.25. The molecule has 0 aromatic carbocycles. The highest BCUT2D eigenvalue weighted by molar-refractivity contribution is 5.85. The van der Waals surface area contributed by atoms with Gasteiger partial charge in [0.2, 0.25) is 5.91 Å². The van der Waals surface area contributed by atoms with Gasteiger partial charge in [0.25, 0.3) is 0 Å². The minimum absolute atomic E-state index is 0. The van der Waals surface area contributed by atoms with Gasteiger partial charge >= 0.3 is 0 Å². The van der Waals surface area contributed by atoms with E-state index >= 15 is 0 Å². The SMILES string of the molecule is COCCCOCCCNC(=O)C1CNC1.Cl. The predicted molar refractivity (Wildman–Crippen MR) is 68.5 cm³/mol. The Bertz CT molecular complexity index is 201. The van der Waals surface area contributed by atoms with Crippen molar-refractivity contribution in [3.8, 4) is 0 Å². The zero-order chi connectivity index (χ0) is 11.6. The molecule has 0 atom stereocenters. The maximum atomic E-state index is 11.4. The minimum atomic E-state index is 0. The maximum Gasteiger partial charge on any atom is 0.225 e. The zero-order valence-electron chi connectivity index (χ0n) is 10.4. The van der Waals surface area contributed by atoms with E-state index in [1.54, 1.807) is 7.11 Å². The van der Waals surface area contributed by atoms with E-state index in [1.165, 1.54) is 0 Å². The van der Waals surface area contributed by atoms with Gasteiger partial charge in [-0.15, -0.1) is 12.4 Å². The third kappa shape index (κ3) is 7.54. The van der Waals surface area contributed by atoms with Crippen molar-refractivity contribution in [2.45, 2.75) is 12.8 Å². The molecule has 0 aliphatic carbocycles. The molecular formula is C11H23ClN2O3. The lowest BCUT2D eigenvalue weighted by Crippen LogP contribution is -2.50. The molecule has 1 saturated heterocycles. The van der Waals surface area contributed by atoms with Crippen molar-refractivity contribution in [1.82, 2.24) is 10.6 Å². The van der Waals surface area contributed by atoms with Gasteiger partial charge in [0, 0.05) is 46.6 Å². The average molecular weight is 267 g/mol. The second-order valence-corrected chi connectivity index (χ2v) is 3.96. The number of halogens is 1. The molecule has 17 heavy (non-hydrogen) atoms. The van der Waals surface area contributed by atoms with Gasteiger partial charge in [0.1, 0.15) is 0 Å². The van der Waals surface area contributed by atoms with Gasteiger partial charge in [-0.3, -0.25) is 4.79 Å². The van der Waals surface area contributed by atoms with Crippen molar-refractivity contribution in [1.29, 1.82) is 0 Å². The second-order valence-electron chi connectivity index (χ2n) is 3.96. The van der Waals surface area contributed by atoms with E-state index in [0.29, 0.717) is 13.2 Å². The molecule has 1 fully saturated rings. The van der Waals surface area contributed by atoms with Gasteiger partial charge in [-0.05, 0) is 12.8 Å². The summed E-state index contributed by atoms with van der Waals surface area (Å²) in [6, 6.07) is 0. The summed E-state index contributed by atoms with van der Waals surface area (Å²) in [7, 11) is 1.69. The van der Waals surface area contributed by atoms with Crippen molar-refractivity contribution >= 4 is 18.3 Å². The molecule has 0 saturated carbocycles. The number of hydrogen-bond donors (Lipinski definition) is 2. The van der Waals surface area contributed by atoms with E-state index < -0.39 is 0 Å². The van der Waals surface area contributed by atoms with Crippen LogP contribution in [0.2, 0.25) is 0 Å². The molecule has 0 spiro atoms. The molecule has 102 valence electrons. The van der Waals surface area contributed by atoms with E-state index in [4.69, 9.17) is 9.47 Å². The summed E-state index contributed by atoms with van der Waals surface area (Å²) in [6.45, 7) is 4.52. The summed E-state index contributed by atoms with van der Waals surface area (Å²) in [5.41, 5.74) is 0. The first-order valence-electron chi connectivity index (χ1n) is 5.89. The number of amides is 1. The van der Waals surface area contributed by atoms with E-state index in [9.17, 15) is 4.79 Å². The predicted octanol–water partition coefficient (Wildman–Crippen LogP) is 0.187. The Labute approximate surface area is 109 Å². The van der Waals surface area contributed by atoms with Gasteiger partial charge in [0.15, 0.2) is 0 Å². The van der Waals surface area contributed by atoms with Crippen LogP contribution >= 0.6 is 12.4 Å². The number of nitrogens with one attached hydrogen (secondary N) is 2. The Morgan fingerprint density at radius 2 is 2.00 bits per heavy atom. The second kappa shape index (κ2) is 10.8. The van der Waals surface area contributed by atoms with Gasteiger partial charge in [-0.2, -0.15) is 0 Å². The Kier molecular flexibility index (Phi) is 10.5. The Balaban J connectivity index is 0.00000256. The van der Waals surface area contributed by atoms with Crippen molar-refractivity contribution in [3.63, 3.8) is 0 Å². The minimum Gasteiger partial charge on any atom is -0.385 e. The normalized spacial score (nSPS) is 14.9. The number of hydrogen-bond acceptors (Lipinski definition) is 4. The summed E-state index contributed by atoms with van der Waals surface area (Å²) in [5, 5.41) is 5.98. The summed E-state index contributed by atoms with van der Waals surface area (Å²) in [4.78, 5) is 11.4. The maximum absolute atomic E-state index is 11.4. The van der Waals surface area contributed by atoms with E-state index in [-0.39, 0.29) is 24.2 Å². The molecule has 1 amide bonds. The highest BCUT2D eigenvalue weighted by Gasteiger charge is 2.23. The number of methoxy groups -OCH3 is 1. The smallest absolute Gasteiger partial charge is 0.225 e. The first kappa shape index (κ1) is 16.6. The highest BCUT2D eigenvalue weighted by Crippen LogP contribution is 2.01. The molecule has 6 heteroatoms. The fraction of sp³-hybridized carbons (Fsp3) is 0.909. The van der Waals surface area contributed by atoms with E-state index in [1.807, 2.05) is 0 Å². The standard InChI is InChI=1S/C11H22N2O3.ClH/c1-15-5-3-7-16-6-2-4-13-11(14)10-8-12-9-10;/h10,12H,2-9H2,1H3,(H,13,14);1H. The van der Waals surface area contributed by atoms with Crippen molar-refractivity contribution in [3.05, 3.63) is 0 Å². The lowest BCUT2D eigenvalue weighted by molar-refractivity contribution is -0.126. The van der Waals surface area contributed by atoms with Gasteiger partial charge in [-0.1, -0.05) is 0 Å². The summed E-state index contributed by atoms with van der Waals surface area (Å²) in [5.74, 6) is 0.348. The molecule has 0 aromatic heterocycles. The molecule has 0 unspecified atom stereocenters. The molecule has 5 nitrogen and oxygen atoms in total. The first-order chi connectivity index (χ1) is 7.84. The van der Waals surface area contributed by atoms with Gasteiger partial charge in [0.05, 0.1) is 5.92 Å². The third-order valence-electron chi connectivity index (χ3n) is 2.55. The van der Waals surface area contributed by atoms with Crippen LogP contribution in [0, 0.1) is 5.92 Å². The van der Waals surface area contributed by atoms with Crippen LogP contribution < -0.4 is 10.6 Å². The van der Waals surface area contributed by atoms with Crippen molar-refractivity contribution < 1.29 is 14.3 Å². The van der Waals surface area contributed by atoms with Crippen molar-refractivity contribution in [2.75, 3.05) is 46.6 Å². The molecule has 1 rings (SSSR count). The molecule has 0 radical (unpaired) electrons. The van der Waals surface area contributed by atoms with Crippen LogP contribution in [0.3, 0.4) is 0 Å². The molecule has 1 aliphatic heterocycles. The van der Waals surface area contributed by atoms with Crippen LogP contribution in [-0.2, 0) is 14.3 Å². The fourth-order valence-corrected chi connectivity index (χ4v) is 1.41. The first-order valence-corrected chi connectivity index (χ1v) is 5.89.